The van der Waals surface area contributed by atoms with E-state index >= 15 is 0 Å². The van der Waals surface area contributed by atoms with Gasteiger partial charge in [-0.1, -0.05) is 0 Å². The summed E-state index contributed by atoms with van der Waals surface area (Å²) in [4.78, 5) is 12.5. The molecule has 150 valence electrons. The second-order valence-electron chi connectivity index (χ2n) is 6.60. The van der Waals surface area contributed by atoms with Gasteiger partial charge < -0.3 is 10.4 Å². The fourth-order valence-electron chi connectivity index (χ4n) is 2.75. The summed E-state index contributed by atoms with van der Waals surface area (Å²) in [6.07, 6.45) is -3.36. The van der Waals surface area contributed by atoms with Gasteiger partial charge >= 0.3 is 6.18 Å². The van der Waals surface area contributed by atoms with E-state index in [0.29, 0.717) is 17.0 Å². The minimum absolute atomic E-state index is 0.238. The number of carbonyl (C=O) groups is 1. The molecule has 2 aromatic carbocycles. The van der Waals surface area contributed by atoms with Crippen LogP contribution in [0.5, 0.6) is 0 Å². The second kappa shape index (κ2) is 7.18. The van der Waals surface area contributed by atoms with Crippen LogP contribution in [0.4, 0.5) is 23.2 Å². The van der Waals surface area contributed by atoms with Gasteiger partial charge in [0.25, 0.3) is 5.91 Å². The fourth-order valence-corrected chi connectivity index (χ4v) is 2.75. The second-order valence-corrected chi connectivity index (χ2v) is 6.60. The van der Waals surface area contributed by atoms with Crippen molar-refractivity contribution in [2.45, 2.75) is 25.2 Å². The zero-order valence-corrected chi connectivity index (χ0v) is 15.0. The normalized spacial score (nSPS) is 13.7. The number of hydrogen-bond acceptors (Lipinski definition) is 4. The quantitative estimate of drug-likeness (QED) is 0.650. The molecule has 2 N–H and O–H groups in total. The van der Waals surface area contributed by atoms with E-state index in [-0.39, 0.29) is 12.2 Å². The summed E-state index contributed by atoms with van der Waals surface area (Å²) in [7, 11) is 0. The van der Waals surface area contributed by atoms with Crippen molar-refractivity contribution in [3.63, 3.8) is 0 Å². The highest BCUT2D eigenvalue weighted by atomic mass is 19.4. The van der Waals surface area contributed by atoms with Crippen molar-refractivity contribution < 1.29 is 27.5 Å². The molecule has 1 aromatic heterocycles. The van der Waals surface area contributed by atoms with Crippen LogP contribution in [0, 0.1) is 17.1 Å². The summed E-state index contributed by atoms with van der Waals surface area (Å²) < 4.78 is 53.9. The summed E-state index contributed by atoms with van der Waals surface area (Å²) in [5.74, 6) is -1.52. The van der Waals surface area contributed by atoms with Crippen molar-refractivity contribution in [1.29, 1.82) is 5.26 Å². The van der Waals surface area contributed by atoms with Gasteiger partial charge in [-0.3, -0.25) is 9.48 Å². The van der Waals surface area contributed by atoms with Crippen LogP contribution in [-0.2, 0) is 17.5 Å². The molecule has 0 radical (unpaired) electrons. The highest BCUT2D eigenvalue weighted by Crippen LogP contribution is 2.33. The highest BCUT2D eigenvalue weighted by Gasteiger charge is 2.35. The van der Waals surface area contributed by atoms with E-state index in [9.17, 15) is 27.5 Å². The smallest absolute Gasteiger partial charge is 0.378 e. The van der Waals surface area contributed by atoms with Crippen LogP contribution < -0.4 is 5.32 Å². The first-order valence-electron chi connectivity index (χ1n) is 8.27. The molecule has 0 saturated carbocycles. The maximum Gasteiger partial charge on any atom is 0.417 e. The number of carbonyl (C=O) groups excluding carboxylic acids is 1. The lowest BCUT2D eigenvalue weighted by Crippen LogP contribution is -2.44. The number of alkyl halides is 3. The number of nitriles is 1. The van der Waals surface area contributed by atoms with Crippen molar-refractivity contribution >= 4 is 22.5 Å². The van der Waals surface area contributed by atoms with Crippen molar-refractivity contribution in [2.24, 2.45) is 0 Å². The Morgan fingerprint density at radius 3 is 2.66 bits per heavy atom. The average molecular weight is 406 g/mol. The van der Waals surface area contributed by atoms with Crippen molar-refractivity contribution in [2.75, 3.05) is 5.32 Å². The number of nitrogens with zero attached hydrogens (tertiary/aromatic N) is 3. The molecule has 0 unspecified atom stereocenters. The Kier molecular flexibility index (Phi) is 5.02. The van der Waals surface area contributed by atoms with E-state index in [4.69, 9.17) is 5.26 Å². The number of amides is 1. The molecule has 3 rings (SSSR count). The molecule has 0 aliphatic carbocycles. The summed E-state index contributed by atoms with van der Waals surface area (Å²) in [6.45, 7) is 0.789. The summed E-state index contributed by atoms with van der Waals surface area (Å²) in [5.41, 5.74) is -3.76. The van der Waals surface area contributed by atoms with Crippen LogP contribution in [0.2, 0.25) is 0 Å². The van der Waals surface area contributed by atoms with Gasteiger partial charge in [-0.15, -0.1) is 0 Å². The van der Waals surface area contributed by atoms with Gasteiger partial charge in [0.1, 0.15) is 5.82 Å². The largest absolute Gasteiger partial charge is 0.417 e. The number of aliphatic hydroxyl groups is 1. The summed E-state index contributed by atoms with van der Waals surface area (Å²) in [6, 6.07) is 8.02. The maximum absolute atomic E-state index is 13.5. The molecule has 0 spiro atoms. The fraction of sp³-hybridized carbons (Fsp3) is 0.211. The van der Waals surface area contributed by atoms with E-state index in [2.05, 4.69) is 10.4 Å². The van der Waals surface area contributed by atoms with E-state index in [0.717, 1.165) is 19.1 Å². The van der Waals surface area contributed by atoms with Gasteiger partial charge in [-0.2, -0.15) is 23.5 Å². The number of rotatable bonds is 4. The number of nitrogens with one attached hydrogen (secondary N) is 1. The Bertz CT molecular complexity index is 1130. The lowest BCUT2D eigenvalue weighted by molar-refractivity contribution is -0.138. The SMILES string of the molecule is C[C@](O)(Cn1ncc2ccc(F)cc21)C(=O)Nc1ccc(C#N)c(C(F)(F)F)c1. The Morgan fingerprint density at radius 2 is 2.00 bits per heavy atom. The molecule has 0 aliphatic rings. The van der Waals surface area contributed by atoms with Crippen LogP contribution >= 0.6 is 0 Å². The topological polar surface area (TPSA) is 90.9 Å². The van der Waals surface area contributed by atoms with Gasteiger partial charge in [0.2, 0.25) is 0 Å². The van der Waals surface area contributed by atoms with Crippen LogP contribution in [0.3, 0.4) is 0 Å². The Morgan fingerprint density at radius 1 is 1.28 bits per heavy atom. The molecule has 0 bridgehead atoms. The first-order valence-corrected chi connectivity index (χ1v) is 8.27. The zero-order chi connectivity index (χ0) is 21.4. The third kappa shape index (κ3) is 4.20. The lowest BCUT2D eigenvalue weighted by Gasteiger charge is -2.23. The number of hydrogen-bond donors (Lipinski definition) is 2. The minimum Gasteiger partial charge on any atom is -0.378 e. The molecule has 10 heteroatoms. The number of anilines is 1. The first kappa shape index (κ1) is 20.3. The van der Waals surface area contributed by atoms with E-state index in [1.807, 2.05) is 0 Å². The van der Waals surface area contributed by atoms with Gasteiger partial charge in [0.15, 0.2) is 5.60 Å². The molecule has 1 atom stereocenters. The van der Waals surface area contributed by atoms with Gasteiger partial charge in [-0.25, -0.2) is 4.39 Å². The van der Waals surface area contributed by atoms with E-state index in [1.54, 1.807) is 0 Å². The standard InChI is InChI=1S/C19H14F4N4O2/c1-18(29,10-27-16-6-13(20)4-2-12(16)9-25-27)17(28)26-14-5-3-11(8-24)15(7-14)19(21,22)23/h2-7,9,29H,10H2,1H3,(H,26,28)/t18-/m0/s1. The number of aromatic nitrogens is 2. The van der Waals surface area contributed by atoms with E-state index < -0.39 is 34.6 Å². The highest BCUT2D eigenvalue weighted by molar-refractivity contribution is 5.97. The molecule has 6 nitrogen and oxygen atoms in total. The molecule has 29 heavy (non-hydrogen) atoms. The van der Waals surface area contributed by atoms with Crippen LogP contribution in [0.25, 0.3) is 10.9 Å². The molecule has 0 aliphatic heterocycles. The first-order chi connectivity index (χ1) is 13.5. The molecule has 0 fully saturated rings. The van der Waals surface area contributed by atoms with Crippen LogP contribution in [0.1, 0.15) is 18.1 Å². The third-order valence-electron chi connectivity index (χ3n) is 4.26. The average Bonchev–Trinajstić information content (AvgIpc) is 3.02. The predicted octanol–water partition coefficient (Wildman–Crippen LogP) is 3.46. The van der Waals surface area contributed by atoms with Crippen LogP contribution in [0.15, 0.2) is 42.6 Å². The predicted molar refractivity (Wildman–Crippen MR) is 95.1 cm³/mol. The van der Waals surface area contributed by atoms with Crippen LogP contribution in [-0.4, -0.2) is 26.4 Å². The molecule has 3 aromatic rings. The summed E-state index contributed by atoms with van der Waals surface area (Å²) >= 11 is 0. The molecule has 1 amide bonds. The van der Waals surface area contributed by atoms with E-state index in [1.165, 1.54) is 35.1 Å². The Balaban J connectivity index is 1.84. The Hall–Kier alpha value is -3.45. The Labute approximate surface area is 162 Å². The molecular formula is C19H14F4N4O2. The van der Waals surface area contributed by atoms with Crippen molar-refractivity contribution in [3.05, 3.63) is 59.5 Å². The molecule has 0 saturated heterocycles. The monoisotopic (exact) mass is 406 g/mol. The minimum atomic E-state index is -4.79. The zero-order valence-electron chi connectivity index (χ0n) is 15.0. The van der Waals surface area contributed by atoms with Gasteiger partial charge in [0, 0.05) is 11.1 Å². The lowest BCUT2D eigenvalue weighted by atomic mass is 10.0. The molecular weight excluding hydrogens is 392 g/mol. The third-order valence-corrected chi connectivity index (χ3v) is 4.26. The molecule has 1 heterocycles. The van der Waals surface area contributed by atoms with Crippen molar-refractivity contribution in [1.82, 2.24) is 9.78 Å². The number of fused-ring (bicyclic) bond motifs is 1. The number of halogens is 4. The van der Waals surface area contributed by atoms with Gasteiger partial charge in [0.05, 0.1) is 35.5 Å². The maximum atomic E-state index is 13.5. The van der Waals surface area contributed by atoms with Gasteiger partial charge in [-0.05, 0) is 43.3 Å². The summed E-state index contributed by atoms with van der Waals surface area (Å²) in [5, 5.41) is 26.2. The van der Waals surface area contributed by atoms with Crippen molar-refractivity contribution in [3.8, 4) is 6.07 Å². The number of benzene rings is 2.